The molecule has 1 aliphatic rings. The number of hydrogen-bond donors (Lipinski definition) is 2. The quantitative estimate of drug-likeness (QED) is 0.816. The van der Waals surface area contributed by atoms with Crippen LogP contribution >= 0.6 is 0 Å². The van der Waals surface area contributed by atoms with Crippen LogP contribution in [0.25, 0.3) is 0 Å². The average molecular weight is 233 g/mol. The fraction of sp³-hybridized carbons (Fsp3) is 0.385. The van der Waals surface area contributed by atoms with Crippen LogP contribution in [0.1, 0.15) is 36.0 Å². The molecule has 0 radical (unpaired) electrons. The summed E-state index contributed by atoms with van der Waals surface area (Å²) >= 11 is 0. The summed E-state index contributed by atoms with van der Waals surface area (Å²) < 4.78 is 0. The van der Waals surface area contributed by atoms with E-state index in [1.54, 1.807) is 12.1 Å². The first-order valence-corrected chi connectivity index (χ1v) is 5.77. The van der Waals surface area contributed by atoms with Crippen molar-refractivity contribution in [3.63, 3.8) is 0 Å². The summed E-state index contributed by atoms with van der Waals surface area (Å²) in [4.78, 5) is 22.9. The Kier molecular flexibility index (Phi) is 3.42. The number of phenols is 1. The number of ketones is 1. The molecule has 4 heteroatoms. The van der Waals surface area contributed by atoms with Crippen molar-refractivity contribution in [3.8, 4) is 5.75 Å². The van der Waals surface area contributed by atoms with Crippen molar-refractivity contribution in [3.05, 3.63) is 29.8 Å². The van der Waals surface area contributed by atoms with Gasteiger partial charge in [-0.2, -0.15) is 0 Å². The van der Waals surface area contributed by atoms with Crippen LogP contribution in [-0.4, -0.2) is 22.8 Å². The molecule has 2 rings (SSSR count). The molecule has 17 heavy (non-hydrogen) atoms. The number of rotatable bonds is 2. The average Bonchev–Trinajstić information content (AvgIpc) is 2.33. The molecule has 1 saturated carbocycles. The highest BCUT2D eigenvalue weighted by Crippen LogP contribution is 2.16. The molecule has 1 aliphatic carbocycles. The fourth-order valence-corrected chi connectivity index (χ4v) is 1.97. The molecule has 0 unspecified atom stereocenters. The van der Waals surface area contributed by atoms with E-state index in [9.17, 15) is 9.59 Å². The Morgan fingerprint density at radius 1 is 1.18 bits per heavy atom. The molecule has 4 nitrogen and oxygen atoms in total. The number of carbonyl (C=O) groups excluding carboxylic acids is 2. The van der Waals surface area contributed by atoms with Crippen molar-refractivity contribution in [1.29, 1.82) is 0 Å². The van der Waals surface area contributed by atoms with Crippen LogP contribution < -0.4 is 5.32 Å². The largest absolute Gasteiger partial charge is 0.508 e. The standard InChI is InChI=1S/C13H15NO3/c15-11-5-1-9(2-6-11)13(17)14-10-3-7-12(16)8-4-10/h1-2,5-6,10,15H,3-4,7-8H2,(H,14,17). The summed E-state index contributed by atoms with van der Waals surface area (Å²) in [7, 11) is 0. The van der Waals surface area contributed by atoms with Crippen LogP contribution in [-0.2, 0) is 4.79 Å². The molecule has 0 saturated heterocycles. The van der Waals surface area contributed by atoms with Gasteiger partial charge in [0.05, 0.1) is 0 Å². The van der Waals surface area contributed by atoms with Gasteiger partial charge in [-0.25, -0.2) is 0 Å². The van der Waals surface area contributed by atoms with E-state index in [1.165, 1.54) is 12.1 Å². The first-order chi connectivity index (χ1) is 8.15. The van der Waals surface area contributed by atoms with Gasteiger partial charge in [-0.3, -0.25) is 9.59 Å². The SMILES string of the molecule is O=C1CCC(NC(=O)c2ccc(O)cc2)CC1. The predicted octanol–water partition coefficient (Wildman–Crippen LogP) is 1.63. The normalized spacial score (nSPS) is 16.8. The second kappa shape index (κ2) is 4.99. The van der Waals surface area contributed by atoms with Crippen molar-refractivity contribution in [2.45, 2.75) is 31.7 Å². The fourth-order valence-electron chi connectivity index (χ4n) is 1.97. The maximum Gasteiger partial charge on any atom is 0.251 e. The van der Waals surface area contributed by atoms with Gasteiger partial charge in [-0.05, 0) is 37.1 Å². The number of benzene rings is 1. The van der Waals surface area contributed by atoms with Crippen LogP contribution in [0.2, 0.25) is 0 Å². The van der Waals surface area contributed by atoms with Gasteiger partial charge >= 0.3 is 0 Å². The second-order valence-corrected chi connectivity index (χ2v) is 4.33. The summed E-state index contributed by atoms with van der Waals surface area (Å²) in [5, 5.41) is 12.0. The number of aromatic hydroxyl groups is 1. The molecule has 90 valence electrons. The van der Waals surface area contributed by atoms with Crippen LogP contribution in [0.3, 0.4) is 0 Å². The van der Waals surface area contributed by atoms with E-state index in [1.807, 2.05) is 0 Å². The third kappa shape index (κ3) is 3.06. The maximum absolute atomic E-state index is 11.8. The van der Waals surface area contributed by atoms with Gasteiger partial charge < -0.3 is 10.4 Å². The monoisotopic (exact) mass is 233 g/mol. The third-order valence-corrected chi connectivity index (χ3v) is 3.01. The lowest BCUT2D eigenvalue weighted by Crippen LogP contribution is -2.37. The van der Waals surface area contributed by atoms with Gasteiger partial charge in [-0.15, -0.1) is 0 Å². The third-order valence-electron chi connectivity index (χ3n) is 3.01. The summed E-state index contributed by atoms with van der Waals surface area (Å²) in [6, 6.07) is 6.23. The summed E-state index contributed by atoms with van der Waals surface area (Å²) in [5.41, 5.74) is 0.528. The lowest BCUT2D eigenvalue weighted by Gasteiger charge is -2.22. The molecule has 0 heterocycles. The summed E-state index contributed by atoms with van der Waals surface area (Å²) in [6.07, 6.45) is 2.56. The molecule has 0 atom stereocenters. The Morgan fingerprint density at radius 3 is 2.35 bits per heavy atom. The molecule has 0 bridgehead atoms. The zero-order chi connectivity index (χ0) is 12.3. The van der Waals surface area contributed by atoms with E-state index in [0.717, 1.165) is 12.8 Å². The van der Waals surface area contributed by atoms with Crippen LogP contribution in [0.4, 0.5) is 0 Å². The van der Waals surface area contributed by atoms with Gasteiger partial charge in [0, 0.05) is 24.4 Å². The van der Waals surface area contributed by atoms with E-state index in [4.69, 9.17) is 5.11 Å². The van der Waals surface area contributed by atoms with Crippen LogP contribution in [0.15, 0.2) is 24.3 Å². The van der Waals surface area contributed by atoms with Gasteiger partial charge in [0.2, 0.25) is 0 Å². The summed E-state index contributed by atoms with van der Waals surface area (Å²) in [6.45, 7) is 0. The zero-order valence-electron chi connectivity index (χ0n) is 9.48. The molecular weight excluding hydrogens is 218 g/mol. The summed E-state index contributed by atoms with van der Waals surface area (Å²) in [5.74, 6) is 0.272. The van der Waals surface area contributed by atoms with E-state index in [0.29, 0.717) is 18.4 Å². The molecule has 1 amide bonds. The van der Waals surface area contributed by atoms with E-state index in [2.05, 4.69) is 5.32 Å². The molecule has 0 aliphatic heterocycles. The number of Topliss-reactive ketones (excluding diaryl/α,β-unsaturated/α-hetero) is 1. The Balaban J connectivity index is 1.93. The Morgan fingerprint density at radius 2 is 1.76 bits per heavy atom. The van der Waals surface area contributed by atoms with E-state index in [-0.39, 0.29) is 23.5 Å². The number of amides is 1. The Bertz CT molecular complexity index is 415. The van der Waals surface area contributed by atoms with Crippen molar-refractivity contribution >= 4 is 11.7 Å². The molecule has 1 fully saturated rings. The van der Waals surface area contributed by atoms with Gasteiger partial charge in [-0.1, -0.05) is 0 Å². The maximum atomic E-state index is 11.8. The highest BCUT2D eigenvalue weighted by molar-refractivity contribution is 5.94. The van der Waals surface area contributed by atoms with Crippen molar-refractivity contribution in [2.24, 2.45) is 0 Å². The van der Waals surface area contributed by atoms with Crippen molar-refractivity contribution in [2.75, 3.05) is 0 Å². The molecule has 0 aromatic heterocycles. The van der Waals surface area contributed by atoms with E-state index >= 15 is 0 Å². The van der Waals surface area contributed by atoms with Crippen molar-refractivity contribution < 1.29 is 14.7 Å². The minimum Gasteiger partial charge on any atom is -0.508 e. The molecule has 0 spiro atoms. The lowest BCUT2D eigenvalue weighted by molar-refractivity contribution is -0.120. The van der Waals surface area contributed by atoms with Crippen LogP contribution in [0, 0.1) is 0 Å². The molecule has 2 N–H and O–H groups in total. The Hall–Kier alpha value is -1.84. The Labute approximate surface area is 99.6 Å². The number of nitrogens with one attached hydrogen (secondary N) is 1. The van der Waals surface area contributed by atoms with Gasteiger partial charge in [0.1, 0.15) is 11.5 Å². The second-order valence-electron chi connectivity index (χ2n) is 4.33. The van der Waals surface area contributed by atoms with Crippen molar-refractivity contribution in [1.82, 2.24) is 5.32 Å². The zero-order valence-corrected chi connectivity index (χ0v) is 9.48. The van der Waals surface area contributed by atoms with Gasteiger partial charge in [0.25, 0.3) is 5.91 Å². The number of hydrogen-bond acceptors (Lipinski definition) is 3. The minimum absolute atomic E-state index is 0.0917. The number of carbonyl (C=O) groups is 2. The van der Waals surface area contributed by atoms with Gasteiger partial charge in [0.15, 0.2) is 0 Å². The highest BCUT2D eigenvalue weighted by atomic mass is 16.3. The number of phenolic OH excluding ortho intramolecular Hbond substituents is 1. The first kappa shape index (κ1) is 11.6. The minimum atomic E-state index is -0.149. The topological polar surface area (TPSA) is 66.4 Å². The molecule has 1 aromatic rings. The predicted molar refractivity (Wildman–Crippen MR) is 62.8 cm³/mol. The first-order valence-electron chi connectivity index (χ1n) is 5.77. The molecular formula is C13H15NO3. The van der Waals surface area contributed by atoms with E-state index < -0.39 is 0 Å². The van der Waals surface area contributed by atoms with Crippen LogP contribution in [0.5, 0.6) is 5.75 Å². The highest BCUT2D eigenvalue weighted by Gasteiger charge is 2.20. The smallest absolute Gasteiger partial charge is 0.251 e. The lowest BCUT2D eigenvalue weighted by atomic mass is 9.94. The molecule has 1 aromatic carbocycles.